The van der Waals surface area contributed by atoms with Crippen molar-refractivity contribution in [3.05, 3.63) is 30.3 Å². The van der Waals surface area contributed by atoms with Crippen LogP contribution in [-0.4, -0.2) is 58.4 Å². The number of rotatable bonds is 4. The molecule has 0 aliphatic carbocycles. The highest BCUT2D eigenvalue weighted by Gasteiger charge is 2.28. The lowest BCUT2D eigenvalue weighted by molar-refractivity contribution is 0.0910. The van der Waals surface area contributed by atoms with Gasteiger partial charge in [0.05, 0.1) is 5.69 Å². The Bertz CT molecular complexity index is 794. The lowest BCUT2D eigenvalue weighted by Crippen LogP contribution is -2.37. The molecule has 1 fully saturated rings. The van der Waals surface area contributed by atoms with Gasteiger partial charge in [0.15, 0.2) is 0 Å². The second kappa shape index (κ2) is 6.44. The van der Waals surface area contributed by atoms with E-state index in [1.54, 1.807) is 4.68 Å². The Labute approximate surface area is 139 Å². The van der Waals surface area contributed by atoms with Crippen LogP contribution in [0.2, 0.25) is 0 Å². The van der Waals surface area contributed by atoms with Crippen LogP contribution < -0.4 is 0 Å². The summed E-state index contributed by atoms with van der Waals surface area (Å²) in [5.74, 6) is 1.14. The van der Waals surface area contributed by atoms with Crippen molar-refractivity contribution < 1.29 is 0 Å². The number of tetrazole rings is 2. The maximum absolute atomic E-state index is 4.23. The van der Waals surface area contributed by atoms with Gasteiger partial charge in [0.1, 0.15) is 6.17 Å². The minimum atomic E-state index is 0.148. The first kappa shape index (κ1) is 14.9. The fourth-order valence-corrected chi connectivity index (χ4v) is 3.23. The van der Waals surface area contributed by atoms with E-state index in [1.165, 1.54) is 12.8 Å². The molecule has 3 heterocycles. The van der Waals surface area contributed by atoms with Gasteiger partial charge in [0, 0.05) is 6.54 Å². The van der Waals surface area contributed by atoms with Crippen LogP contribution in [0, 0.1) is 0 Å². The number of aromatic nitrogens is 8. The molecule has 1 atom stereocenters. The summed E-state index contributed by atoms with van der Waals surface area (Å²) in [5, 5.41) is 24.4. The molecule has 1 saturated heterocycles. The first-order valence-corrected chi connectivity index (χ1v) is 8.24. The van der Waals surface area contributed by atoms with Crippen molar-refractivity contribution in [1.82, 2.24) is 45.3 Å². The van der Waals surface area contributed by atoms with Gasteiger partial charge in [-0.3, -0.25) is 4.90 Å². The van der Waals surface area contributed by atoms with Crippen LogP contribution in [0.25, 0.3) is 17.3 Å². The molecule has 0 N–H and O–H groups in total. The van der Waals surface area contributed by atoms with Crippen molar-refractivity contribution in [2.24, 2.45) is 0 Å². The molecule has 4 rings (SSSR count). The van der Waals surface area contributed by atoms with Crippen molar-refractivity contribution in [3.8, 4) is 17.3 Å². The fraction of sp³-hybridized carbons (Fsp3) is 0.467. The van der Waals surface area contributed by atoms with Crippen LogP contribution in [0.1, 0.15) is 32.4 Å². The first-order chi connectivity index (χ1) is 11.9. The number of piperidine rings is 1. The fourth-order valence-electron chi connectivity index (χ4n) is 3.23. The Morgan fingerprint density at radius 2 is 1.79 bits per heavy atom. The number of nitrogens with zero attached hydrogens (tertiary/aromatic N) is 9. The molecule has 0 radical (unpaired) electrons. The summed E-state index contributed by atoms with van der Waals surface area (Å²) < 4.78 is 3.52. The average molecular weight is 325 g/mol. The highest BCUT2D eigenvalue weighted by Crippen LogP contribution is 2.28. The van der Waals surface area contributed by atoms with E-state index in [1.807, 2.05) is 35.0 Å². The molecule has 1 aliphatic heterocycles. The van der Waals surface area contributed by atoms with Crippen molar-refractivity contribution in [1.29, 1.82) is 0 Å². The Kier molecular flexibility index (Phi) is 3.99. The van der Waals surface area contributed by atoms with Crippen molar-refractivity contribution in [3.63, 3.8) is 0 Å². The van der Waals surface area contributed by atoms with Crippen LogP contribution in [0.15, 0.2) is 30.3 Å². The highest BCUT2D eigenvalue weighted by atomic mass is 15.6. The maximum atomic E-state index is 4.23. The molecule has 0 amide bonds. The second-order valence-corrected chi connectivity index (χ2v) is 5.80. The number of hydrogen-bond acceptors (Lipinski definition) is 7. The zero-order valence-corrected chi connectivity index (χ0v) is 13.5. The molecule has 2 aromatic heterocycles. The van der Waals surface area contributed by atoms with Gasteiger partial charge in [0.2, 0.25) is 11.6 Å². The molecule has 0 spiro atoms. The third kappa shape index (κ3) is 2.56. The predicted octanol–water partition coefficient (Wildman–Crippen LogP) is 1.32. The Balaban J connectivity index is 1.75. The highest BCUT2D eigenvalue weighted by molar-refractivity contribution is 5.47. The van der Waals surface area contributed by atoms with Crippen LogP contribution in [0.5, 0.6) is 0 Å². The summed E-state index contributed by atoms with van der Waals surface area (Å²) in [6.45, 7) is 4.19. The first-order valence-electron chi connectivity index (χ1n) is 8.24. The van der Waals surface area contributed by atoms with E-state index in [9.17, 15) is 0 Å². The molecule has 3 aromatic rings. The zero-order valence-electron chi connectivity index (χ0n) is 13.5. The van der Waals surface area contributed by atoms with E-state index in [0.29, 0.717) is 11.6 Å². The van der Waals surface area contributed by atoms with Crippen molar-refractivity contribution >= 4 is 0 Å². The number of para-hydroxylation sites is 1. The quantitative estimate of drug-likeness (QED) is 0.714. The van der Waals surface area contributed by atoms with Gasteiger partial charge in [-0.25, -0.2) is 4.68 Å². The summed E-state index contributed by atoms with van der Waals surface area (Å²) in [4.78, 5) is 2.39. The number of hydrogen-bond donors (Lipinski definition) is 0. The number of benzene rings is 1. The molecule has 1 unspecified atom stereocenters. The SMILES string of the molecule is CCN1CCCCC1n1nnnc1-c1nnnn1-c1ccccc1. The lowest BCUT2D eigenvalue weighted by Gasteiger charge is -2.34. The molecule has 9 nitrogen and oxygen atoms in total. The van der Waals surface area contributed by atoms with E-state index in [2.05, 4.69) is 42.9 Å². The van der Waals surface area contributed by atoms with Crippen molar-refractivity contribution in [2.75, 3.05) is 13.1 Å². The summed E-state index contributed by atoms with van der Waals surface area (Å²) >= 11 is 0. The molecule has 0 saturated carbocycles. The van der Waals surface area contributed by atoms with Gasteiger partial charge in [-0.05, 0) is 58.8 Å². The van der Waals surface area contributed by atoms with Gasteiger partial charge in [0.25, 0.3) is 0 Å². The van der Waals surface area contributed by atoms with E-state index in [4.69, 9.17) is 0 Å². The minimum absolute atomic E-state index is 0.148. The topological polar surface area (TPSA) is 90.4 Å². The molecule has 1 aliphatic rings. The second-order valence-electron chi connectivity index (χ2n) is 5.80. The van der Waals surface area contributed by atoms with E-state index in [-0.39, 0.29) is 6.17 Å². The van der Waals surface area contributed by atoms with Gasteiger partial charge >= 0.3 is 0 Å². The average Bonchev–Trinajstić information content (AvgIpc) is 3.31. The molecular formula is C15H19N9. The van der Waals surface area contributed by atoms with Crippen molar-refractivity contribution in [2.45, 2.75) is 32.4 Å². The standard InChI is InChI=1S/C15H19N9/c1-2-22-11-7-6-10-13(22)24-15(17-19-21-24)14-16-18-20-23(14)12-8-4-3-5-9-12/h3-5,8-9,13H,2,6-7,10-11H2,1H3. The smallest absolute Gasteiger partial charge is 0.226 e. The Hall–Kier alpha value is -2.68. The summed E-state index contributed by atoms with van der Waals surface area (Å²) in [5.41, 5.74) is 0.878. The predicted molar refractivity (Wildman–Crippen MR) is 86.1 cm³/mol. The van der Waals surface area contributed by atoms with Gasteiger partial charge in [-0.1, -0.05) is 25.1 Å². The summed E-state index contributed by atoms with van der Waals surface area (Å²) in [7, 11) is 0. The van der Waals surface area contributed by atoms with E-state index < -0.39 is 0 Å². The summed E-state index contributed by atoms with van der Waals surface area (Å²) in [6.07, 6.45) is 3.56. The molecule has 24 heavy (non-hydrogen) atoms. The van der Waals surface area contributed by atoms with Crippen LogP contribution in [0.4, 0.5) is 0 Å². The largest absolute Gasteiger partial charge is 0.282 e. The Morgan fingerprint density at radius 1 is 1.00 bits per heavy atom. The van der Waals surface area contributed by atoms with Crippen LogP contribution in [-0.2, 0) is 0 Å². The molecule has 124 valence electrons. The lowest BCUT2D eigenvalue weighted by atomic mass is 10.1. The monoisotopic (exact) mass is 325 g/mol. The molecular weight excluding hydrogens is 306 g/mol. The zero-order chi connectivity index (χ0) is 16.4. The van der Waals surface area contributed by atoms with Gasteiger partial charge in [-0.2, -0.15) is 4.68 Å². The molecule has 9 heteroatoms. The third-order valence-corrected chi connectivity index (χ3v) is 4.43. The van der Waals surface area contributed by atoms with Crippen LogP contribution in [0.3, 0.4) is 0 Å². The Morgan fingerprint density at radius 3 is 2.62 bits per heavy atom. The normalized spacial score (nSPS) is 18.8. The molecule has 0 bridgehead atoms. The van der Waals surface area contributed by atoms with E-state index >= 15 is 0 Å². The summed E-state index contributed by atoms with van der Waals surface area (Å²) in [6, 6.07) is 9.76. The third-order valence-electron chi connectivity index (χ3n) is 4.43. The van der Waals surface area contributed by atoms with Gasteiger partial charge < -0.3 is 0 Å². The van der Waals surface area contributed by atoms with E-state index in [0.717, 1.165) is 25.2 Å². The molecule has 1 aromatic carbocycles. The minimum Gasteiger partial charge on any atom is -0.282 e. The maximum Gasteiger partial charge on any atom is 0.226 e. The van der Waals surface area contributed by atoms with Crippen LogP contribution >= 0.6 is 0 Å². The van der Waals surface area contributed by atoms with Gasteiger partial charge in [-0.15, -0.1) is 10.2 Å². The number of likely N-dealkylation sites (tertiary alicyclic amines) is 1.